The maximum Gasteiger partial charge on any atom is 2.00 e. The van der Waals surface area contributed by atoms with Crippen molar-refractivity contribution in [1.29, 1.82) is 0 Å². The van der Waals surface area contributed by atoms with Gasteiger partial charge in [0.2, 0.25) is 0 Å². The van der Waals surface area contributed by atoms with Crippen LogP contribution in [-0.2, 0) is 46.7 Å². The first-order valence-corrected chi connectivity index (χ1v) is 22.3. The van der Waals surface area contributed by atoms with E-state index in [1.165, 1.54) is 77.1 Å². The molecule has 0 radical (unpaired) electrons. The van der Waals surface area contributed by atoms with Gasteiger partial charge in [-0.2, -0.15) is 0 Å². The summed E-state index contributed by atoms with van der Waals surface area (Å²) in [6.45, 7) is 22.8. The van der Waals surface area contributed by atoms with Crippen molar-refractivity contribution >= 4 is 54.6 Å². The van der Waals surface area contributed by atoms with Crippen LogP contribution in [0.15, 0.2) is 109 Å². The van der Waals surface area contributed by atoms with Gasteiger partial charge in [0, 0.05) is 22.2 Å². The van der Waals surface area contributed by atoms with Crippen LogP contribution in [0.3, 0.4) is 0 Å². The predicted molar refractivity (Wildman–Crippen MR) is 262 cm³/mol. The Labute approximate surface area is 386 Å². The SMILES string of the molecule is Cc1cccc(C)c1-c1c(CCc2nc3c4[c-]cccc4c4cc(CC(C)(C)C)ccc4n3c2-c2c(C)cccc2C)nc2c3[c-]cccc3c3cc(CC(C)(C)C)ccc3n12.[Pt+2]. The molecule has 4 aromatic heterocycles. The van der Waals surface area contributed by atoms with Gasteiger partial charge in [-0.3, -0.25) is 9.97 Å². The fourth-order valence-electron chi connectivity index (χ4n) is 10.3. The van der Waals surface area contributed by atoms with E-state index in [9.17, 15) is 0 Å². The smallest absolute Gasteiger partial charge is 0.333 e. The van der Waals surface area contributed by atoms with Crippen LogP contribution >= 0.6 is 0 Å². The summed E-state index contributed by atoms with van der Waals surface area (Å²) in [6.07, 6.45) is 3.42. The van der Waals surface area contributed by atoms with Crippen LogP contribution in [0.5, 0.6) is 0 Å². The number of benzene rings is 6. The van der Waals surface area contributed by atoms with Gasteiger partial charge >= 0.3 is 21.1 Å². The number of hydrogen-bond donors (Lipinski definition) is 0. The number of pyridine rings is 2. The second kappa shape index (κ2) is 15.9. The molecular weight excluding hydrogens is 948 g/mol. The third kappa shape index (κ3) is 7.49. The van der Waals surface area contributed by atoms with E-state index in [1.807, 2.05) is 12.1 Å². The Kier molecular flexibility index (Phi) is 10.8. The Morgan fingerprint density at radius 1 is 0.476 bits per heavy atom. The molecule has 0 aliphatic carbocycles. The summed E-state index contributed by atoms with van der Waals surface area (Å²) in [4.78, 5) is 11.3. The number of hydrogen-bond acceptors (Lipinski definition) is 2. The molecule has 318 valence electrons. The summed E-state index contributed by atoms with van der Waals surface area (Å²) in [5, 5.41) is 6.95. The fraction of sp³-hybridized carbons (Fsp3) is 0.276. The number of aromatic nitrogens is 4. The molecular formula is C58H56N4Pt. The zero-order valence-corrected chi connectivity index (χ0v) is 40.6. The molecule has 0 atom stereocenters. The second-order valence-corrected chi connectivity index (χ2v) is 20.3. The Morgan fingerprint density at radius 3 is 1.22 bits per heavy atom. The van der Waals surface area contributed by atoms with Crippen LogP contribution in [0.1, 0.15) is 86.3 Å². The van der Waals surface area contributed by atoms with Crippen LogP contribution in [0, 0.1) is 50.7 Å². The van der Waals surface area contributed by atoms with Crippen molar-refractivity contribution in [1.82, 2.24) is 18.8 Å². The zero-order chi connectivity index (χ0) is 43.2. The second-order valence-electron chi connectivity index (χ2n) is 20.3. The van der Waals surface area contributed by atoms with Crippen LogP contribution < -0.4 is 0 Å². The molecule has 4 nitrogen and oxygen atoms in total. The predicted octanol–water partition coefficient (Wildman–Crippen LogP) is 14.7. The van der Waals surface area contributed by atoms with Gasteiger partial charge in [-0.1, -0.05) is 113 Å². The molecule has 10 rings (SSSR count). The summed E-state index contributed by atoms with van der Waals surface area (Å²) < 4.78 is 4.89. The van der Waals surface area contributed by atoms with Gasteiger partial charge in [0.05, 0.1) is 34.1 Å². The van der Waals surface area contributed by atoms with Gasteiger partial charge in [0.25, 0.3) is 0 Å². The molecule has 10 aromatic rings. The van der Waals surface area contributed by atoms with Crippen LogP contribution in [0.4, 0.5) is 0 Å². The van der Waals surface area contributed by atoms with E-state index < -0.39 is 0 Å². The molecule has 5 heteroatoms. The van der Waals surface area contributed by atoms with E-state index in [0.29, 0.717) is 12.8 Å². The molecule has 0 saturated carbocycles. The van der Waals surface area contributed by atoms with Gasteiger partial charge in [-0.25, -0.2) is 0 Å². The third-order valence-electron chi connectivity index (χ3n) is 12.7. The van der Waals surface area contributed by atoms with Gasteiger partial charge in [0.15, 0.2) is 0 Å². The van der Waals surface area contributed by atoms with Crippen LogP contribution in [0.2, 0.25) is 0 Å². The molecule has 0 saturated heterocycles. The van der Waals surface area contributed by atoms with Gasteiger partial charge < -0.3 is 8.80 Å². The first kappa shape index (κ1) is 42.7. The van der Waals surface area contributed by atoms with Crippen molar-refractivity contribution in [2.24, 2.45) is 10.8 Å². The molecule has 0 N–H and O–H groups in total. The number of aryl methyl sites for hydroxylation is 6. The summed E-state index contributed by atoms with van der Waals surface area (Å²) >= 11 is 0. The summed E-state index contributed by atoms with van der Waals surface area (Å²) in [6, 6.07) is 47.5. The van der Waals surface area contributed by atoms with E-state index in [1.54, 1.807) is 0 Å². The monoisotopic (exact) mass is 1000 g/mol. The molecule has 0 fully saturated rings. The Hall–Kier alpha value is -5.57. The molecule has 0 unspecified atom stereocenters. The van der Waals surface area contributed by atoms with Crippen molar-refractivity contribution in [3.63, 3.8) is 0 Å². The largest absolute Gasteiger partial charge is 2.00 e. The van der Waals surface area contributed by atoms with E-state index >= 15 is 0 Å². The maximum atomic E-state index is 5.67. The quantitative estimate of drug-likeness (QED) is 0.118. The average Bonchev–Trinajstić information content (AvgIpc) is 3.78. The van der Waals surface area contributed by atoms with Crippen LogP contribution in [-0.4, -0.2) is 18.8 Å². The normalized spacial score (nSPS) is 12.4. The molecule has 6 aromatic carbocycles. The van der Waals surface area contributed by atoms with Crippen LogP contribution in [0.25, 0.3) is 77.2 Å². The first-order chi connectivity index (χ1) is 29.6. The van der Waals surface area contributed by atoms with E-state index in [0.717, 1.165) is 57.7 Å². The minimum absolute atomic E-state index is 0. The topological polar surface area (TPSA) is 34.6 Å². The molecule has 4 heterocycles. The summed E-state index contributed by atoms with van der Waals surface area (Å²) in [5.41, 5.74) is 19.2. The van der Waals surface area contributed by atoms with E-state index in [-0.39, 0.29) is 31.9 Å². The van der Waals surface area contributed by atoms with E-state index in [4.69, 9.17) is 9.97 Å². The van der Waals surface area contributed by atoms with Gasteiger partial charge in [-0.05, 0) is 120 Å². The standard InChI is InChI=1S/C58H56N4.Pt/c1-35-17-15-18-36(2)51(35)53-47(59-55-43-23-13-11-21-41(43)45-31-39(33-57(5,6)7)25-29-49(45)61(53)55)27-28-48-54(52-37(3)19-16-20-38(52)4)62-50-30-26-40(34-58(8,9)10)32-46(50)42-22-12-14-24-44(42)56(62)60-48;/h11-22,25-26,29-32H,27-28,33-34H2,1-10H3;/q-2;+2. The summed E-state index contributed by atoms with van der Waals surface area (Å²) in [7, 11) is 0. The third-order valence-corrected chi connectivity index (χ3v) is 12.7. The van der Waals surface area contributed by atoms with E-state index in [2.05, 4.69) is 187 Å². The molecule has 0 aliphatic rings. The van der Waals surface area contributed by atoms with Crippen molar-refractivity contribution in [3.05, 3.63) is 166 Å². The molecule has 0 spiro atoms. The molecule has 0 bridgehead atoms. The summed E-state index contributed by atoms with van der Waals surface area (Å²) in [5.74, 6) is 0. The molecule has 0 amide bonds. The van der Waals surface area contributed by atoms with Crippen molar-refractivity contribution < 1.29 is 21.1 Å². The minimum Gasteiger partial charge on any atom is -0.333 e. The zero-order valence-electron chi connectivity index (χ0n) is 38.3. The average molecular weight is 1000 g/mol. The van der Waals surface area contributed by atoms with Crippen molar-refractivity contribution in [3.8, 4) is 22.5 Å². The number of nitrogens with zero attached hydrogens (tertiary/aromatic N) is 4. The minimum atomic E-state index is 0. The van der Waals surface area contributed by atoms with Gasteiger partial charge in [0.1, 0.15) is 0 Å². The van der Waals surface area contributed by atoms with Gasteiger partial charge in [-0.15, -0.1) is 59.3 Å². The molecule has 63 heavy (non-hydrogen) atoms. The number of fused-ring (bicyclic) bond motifs is 12. The number of imidazole rings is 2. The maximum absolute atomic E-state index is 5.67. The van der Waals surface area contributed by atoms with Crippen molar-refractivity contribution in [2.75, 3.05) is 0 Å². The first-order valence-electron chi connectivity index (χ1n) is 22.3. The Morgan fingerprint density at radius 2 is 0.857 bits per heavy atom. The molecule has 0 aliphatic heterocycles. The number of rotatable bonds is 7. The Balaban J connectivity index is 0.00000504. The Bertz CT molecular complexity index is 3150. The van der Waals surface area contributed by atoms with Crippen molar-refractivity contribution in [2.45, 2.75) is 94.9 Å². The fourth-order valence-corrected chi connectivity index (χ4v) is 10.3.